The fourth-order valence-electron chi connectivity index (χ4n) is 2.45. The van der Waals surface area contributed by atoms with Crippen molar-refractivity contribution in [1.82, 2.24) is 4.90 Å². The van der Waals surface area contributed by atoms with Gasteiger partial charge < -0.3 is 9.47 Å². The highest BCUT2D eigenvalue weighted by molar-refractivity contribution is 9.10. The second-order valence-corrected chi connectivity index (χ2v) is 7.43. The number of thioether (sulfide) groups is 1. The Morgan fingerprint density at radius 3 is 2.63 bits per heavy atom. The van der Waals surface area contributed by atoms with Crippen molar-refractivity contribution < 1.29 is 14.3 Å². The summed E-state index contributed by atoms with van der Waals surface area (Å²) in [4.78, 5) is 13.9. The predicted octanol–water partition coefficient (Wildman–Crippen LogP) is 3.93. The third-order valence-corrected chi connectivity index (χ3v) is 5.45. The Morgan fingerprint density at radius 2 is 1.96 bits per heavy atom. The summed E-state index contributed by atoms with van der Waals surface area (Å²) in [5.74, 6) is 1.92. The zero-order valence-corrected chi connectivity index (χ0v) is 17.3. The number of ether oxygens (including phenoxy) is 2. The van der Waals surface area contributed by atoms with Crippen LogP contribution in [0.2, 0.25) is 0 Å². The first-order valence-corrected chi connectivity index (χ1v) is 9.89. The summed E-state index contributed by atoms with van der Waals surface area (Å²) >= 11 is 4.86. The Bertz CT molecular complexity index is 884. The highest BCUT2D eigenvalue weighted by Gasteiger charge is 2.28. The van der Waals surface area contributed by atoms with Crippen LogP contribution in [0.5, 0.6) is 11.5 Å². The summed E-state index contributed by atoms with van der Waals surface area (Å²) in [5, 5.41) is 8.95. The van der Waals surface area contributed by atoms with Crippen molar-refractivity contribution in [3.8, 4) is 11.5 Å². The summed E-state index contributed by atoms with van der Waals surface area (Å²) < 4.78 is 11.2. The highest BCUT2D eigenvalue weighted by atomic mass is 79.9. The van der Waals surface area contributed by atoms with E-state index in [1.807, 2.05) is 42.5 Å². The Hall–Kier alpha value is -2.32. The van der Waals surface area contributed by atoms with Crippen LogP contribution in [-0.4, -0.2) is 42.2 Å². The molecule has 0 spiro atoms. The fraction of sp³-hybridized carbons (Fsp3) is 0.211. The molecule has 0 unspecified atom stereocenters. The van der Waals surface area contributed by atoms with Gasteiger partial charge in [-0.15, -0.1) is 5.10 Å². The molecule has 1 saturated heterocycles. The van der Waals surface area contributed by atoms with Crippen LogP contribution in [0.25, 0.3) is 0 Å². The number of nitrogens with zero attached hydrogens (tertiary/aromatic N) is 3. The van der Waals surface area contributed by atoms with Crippen LogP contribution < -0.4 is 9.47 Å². The van der Waals surface area contributed by atoms with E-state index in [9.17, 15) is 4.79 Å². The number of benzene rings is 2. The molecule has 2 aromatic carbocycles. The quantitative estimate of drug-likeness (QED) is 0.496. The summed E-state index contributed by atoms with van der Waals surface area (Å²) in [5.41, 5.74) is 1.88. The van der Waals surface area contributed by atoms with Crippen LogP contribution in [0.1, 0.15) is 11.1 Å². The van der Waals surface area contributed by atoms with Crippen molar-refractivity contribution in [1.29, 1.82) is 0 Å². The first kappa shape index (κ1) is 19.4. The van der Waals surface area contributed by atoms with Crippen molar-refractivity contribution in [3.63, 3.8) is 0 Å². The topological polar surface area (TPSA) is 63.5 Å². The van der Waals surface area contributed by atoms with Gasteiger partial charge in [0.25, 0.3) is 0 Å². The maximum atomic E-state index is 12.2. The zero-order chi connectivity index (χ0) is 19.2. The largest absolute Gasteiger partial charge is 0.497 e. The molecule has 8 heteroatoms. The van der Waals surface area contributed by atoms with Gasteiger partial charge in [-0.2, -0.15) is 5.10 Å². The molecule has 1 aliphatic heterocycles. The minimum atomic E-state index is 0.0188. The maximum absolute atomic E-state index is 12.2. The van der Waals surface area contributed by atoms with Gasteiger partial charge in [-0.1, -0.05) is 17.8 Å². The minimum Gasteiger partial charge on any atom is -0.497 e. The molecular formula is C19H18BrN3O3S. The monoisotopic (exact) mass is 447 g/mol. The second-order valence-electron chi connectivity index (χ2n) is 5.64. The molecule has 0 saturated carbocycles. The van der Waals surface area contributed by atoms with E-state index in [0.29, 0.717) is 17.5 Å². The number of carbonyl (C=O) groups excluding carboxylic acids is 1. The van der Waals surface area contributed by atoms with Crippen molar-refractivity contribution in [2.75, 3.05) is 20.0 Å². The van der Waals surface area contributed by atoms with E-state index in [0.717, 1.165) is 27.1 Å². The number of rotatable bonds is 6. The summed E-state index contributed by atoms with van der Waals surface area (Å²) in [6.07, 6.45) is 1.65. The highest BCUT2D eigenvalue weighted by Crippen LogP contribution is 2.28. The van der Waals surface area contributed by atoms with Gasteiger partial charge in [0.15, 0.2) is 5.17 Å². The molecule has 0 aromatic heterocycles. The average molecular weight is 448 g/mol. The molecule has 1 heterocycles. The van der Waals surface area contributed by atoms with E-state index in [-0.39, 0.29) is 5.91 Å². The molecule has 0 atom stereocenters. The lowest BCUT2D eigenvalue weighted by Crippen LogP contribution is -2.28. The van der Waals surface area contributed by atoms with E-state index in [4.69, 9.17) is 9.47 Å². The lowest BCUT2D eigenvalue weighted by atomic mass is 10.2. The van der Waals surface area contributed by atoms with Crippen molar-refractivity contribution in [2.45, 2.75) is 6.54 Å². The van der Waals surface area contributed by atoms with Crippen LogP contribution in [0.4, 0.5) is 0 Å². The third kappa shape index (κ3) is 4.90. The second kappa shape index (κ2) is 9.05. The number of carbonyl (C=O) groups is 1. The number of amides is 1. The molecule has 1 aliphatic rings. The molecule has 3 rings (SSSR count). The van der Waals surface area contributed by atoms with Gasteiger partial charge in [-0.25, -0.2) is 0 Å². The smallest absolute Gasteiger partial charge is 0.239 e. The Balaban J connectivity index is 1.72. The normalized spacial score (nSPS) is 15.7. The number of halogens is 1. The first-order valence-electron chi connectivity index (χ1n) is 8.11. The number of methoxy groups -OCH3 is 2. The molecule has 1 fully saturated rings. The molecule has 0 bridgehead atoms. The van der Waals surface area contributed by atoms with Gasteiger partial charge in [-0.05, 0) is 63.5 Å². The molecule has 6 nitrogen and oxygen atoms in total. The first-order chi connectivity index (χ1) is 13.1. The predicted molar refractivity (Wildman–Crippen MR) is 112 cm³/mol. The summed E-state index contributed by atoms with van der Waals surface area (Å²) in [6, 6.07) is 13.2. The molecule has 1 amide bonds. The third-order valence-electron chi connectivity index (χ3n) is 3.88. The van der Waals surface area contributed by atoms with Gasteiger partial charge in [0.2, 0.25) is 5.91 Å². The van der Waals surface area contributed by atoms with Crippen LogP contribution in [0.15, 0.2) is 57.1 Å². The molecule has 27 heavy (non-hydrogen) atoms. The van der Waals surface area contributed by atoms with E-state index < -0.39 is 0 Å². The lowest BCUT2D eigenvalue weighted by molar-refractivity contribution is -0.124. The number of hydrogen-bond acceptors (Lipinski definition) is 6. The minimum absolute atomic E-state index is 0.0188. The Kier molecular flexibility index (Phi) is 6.52. The Labute approximate surface area is 170 Å². The molecule has 0 radical (unpaired) electrons. The van der Waals surface area contributed by atoms with Crippen molar-refractivity contribution >= 4 is 45.0 Å². The average Bonchev–Trinajstić information content (AvgIpc) is 3.02. The SMILES string of the molecule is COc1ccc(/C=N/N=C2\SCC(=O)N2Cc2ccc(OC)c(Br)c2)cc1. The van der Waals surface area contributed by atoms with Crippen molar-refractivity contribution in [2.24, 2.45) is 10.2 Å². The van der Waals surface area contributed by atoms with Crippen LogP contribution in [0, 0.1) is 0 Å². The van der Waals surface area contributed by atoms with Crippen LogP contribution >= 0.6 is 27.7 Å². The van der Waals surface area contributed by atoms with Crippen LogP contribution in [-0.2, 0) is 11.3 Å². The van der Waals surface area contributed by atoms with Gasteiger partial charge in [0, 0.05) is 0 Å². The number of hydrogen-bond donors (Lipinski definition) is 0. The Morgan fingerprint density at radius 1 is 1.19 bits per heavy atom. The van der Waals surface area contributed by atoms with E-state index in [1.54, 1.807) is 25.3 Å². The van der Waals surface area contributed by atoms with E-state index in [2.05, 4.69) is 26.1 Å². The van der Waals surface area contributed by atoms with E-state index >= 15 is 0 Å². The summed E-state index contributed by atoms with van der Waals surface area (Å²) in [7, 11) is 3.24. The van der Waals surface area contributed by atoms with E-state index in [1.165, 1.54) is 11.8 Å². The molecule has 2 aromatic rings. The van der Waals surface area contributed by atoms with Crippen LogP contribution in [0.3, 0.4) is 0 Å². The van der Waals surface area contributed by atoms with Gasteiger partial charge in [-0.3, -0.25) is 9.69 Å². The zero-order valence-electron chi connectivity index (χ0n) is 14.9. The molecule has 140 valence electrons. The fourth-order valence-corrected chi connectivity index (χ4v) is 3.88. The molecule has 0 aliphatic carbocycles. The maximum Gasteiger partial charge on any atom is 0.239 e. The molecular weight excluding hydrogens is 430 g/mol. The molecule has 0 N–H and O–H groups in total. The lowest BCUT2D eigenvalue weighted by Gasteiger charge is -2.16. The number of amidine groups is 1. The van der Waals surface area contributed by atoms with Crippen molar-refractivity contribution in [3.05, 3.63) is 58.1 Å². The van der Waals surface area contributed by atoms with Gasteiger partial charge >= 0.3 is 0 Å². The van der Waals surface area contributed by atoms with Gasteiger partial charge in [0.1, 0.15) is 11.5 Å². The van der Waals surface area contributed by atoms with Gasteiger partial charge in [0.05, 0.1) is 37.2 Å². The summed E-state index contributed by atoms with van der Waals surface area (Å²) in [6.45, 7) is 0.436. The standard InChI is InChI=1S/C19H18BrN3O3S/c1-25-15-6-3-13(4-7-15)10-21-22-19-23(18(24)12-27-19)11-14-5-8-17(26-2)16(20)9-14/h3-10H,11-12H2,1-2H3/b21-10+,22-19-.